The van der Waals surface area contributed by atoms with Crippen molar-refractivity contribution < 1.29 is 89.4 Å². The largest absolute Gasteiger partial charge is 0.394 e. The second kappa shape index (κ2) is 37.3. The van der Waals surface area contributed by atoms with Crippen LogP contribution in [-0.4, -0.2) is 193 Å². The van der Waals surface area contributed by atoms with Gasteiger partial charge in [0.1, 0.15) is 73.2 Å². The third-order valence-corrected chi connectivity index (χ3v) is 14.1. The first-order valence-electron chi connectivity index (χ1n) is 27.4. The number of ether oxygens (including phenoxy) is 6. The molecule has 17 unspecified atom stereocenters. The van der Waals surface area contributed by atoms with Crippen LogP contribution in [0.3, 0.4) is 0 Å². The van der Waals surface area contributed by atoms with Crippen LogP contribution in [0.25, 0.3) is 0 Å². The van der Waals surface area contributed by atoms with E-state index >= 15 is 0 Å². The van der Waals surface area contributed by atoms with Gasteiger partial charge < -0.3 is 89.9 Å². The zero-order chi connectivity index (χ0) is 52.0. The smallest absolute Gasteiger partial charge is 0.220 e. The lowest BCUT2D eigenvalue weighted by Crippen LogP contribution is -2.66. The number of carbonyl (C=O) groups excluding carboxylic acids is 1. The summed E-state index contributed by atoms with van der Waals surface area (Å²) in [6.45, 7) is 1.71. The minimum atomic E-state index is -1.97. The van der Waals surface area contributed by atoms with Gasteiger partial charge in [-0.15, -0.1) is 0 Å². The molecule has 3 fully saturated rings. The van der Waals surface area contributed by atoms with E-state index in [-0.39, 0.29) is 18.9 Å². The van der Waals surface area contributed by atoms with Crippen molar-refractivity contribution in [2.45, 2.75) is 285 Å². The Morgan fingerprint density at radius 2 is 0.887 bits per heavy atom. The third-order valence-electron chi connectivity index (χ3n) is 14.1. The molecule has 0 spiro atoms. The van der Waals surface area contributed by atoms with Gasteiger partial charge in [0.25, 0.3) is 0 Å². The van der Waals surface area contributed by atoms with E-state index < -0.39 is 124 Å². The Hall–Kier alpha value is -1.47. The highest BCUT2D eigenvalue weighted by atomic mass is 16.8. The highest BCUT2D eigenvalue weighted by Crippen LogP contribution is 2.33. The van der Waals surface area contributed by atoms with Gasteiger partial charge in [-0.2, -0.15) is 0 Å². The summed E-state index contributed by atoms with van der Waals surface area (Å²) in [5.74, 6) is -0.250. The molecule has 17 atom stereocenters. The number of nitrogens with one attached hydrogen (secondary N) is 1. The van der Waals surface area contributed by atoms with Gasteiger partial charge in [0.2, 0.25) is 5.91 Å². The van der Waals surface area contributed by atoms with Gasteiger partial charge in [-0.1, -0.05) is 148 Å². The molecule has 3 saturated heterocycles. The molecule has 0 radical (unpaired) electrons. The quantitative estimate of drug-likeness (QED) is 0.0311. The second-order valence-electron chi connectivity index (χ2n) is 20.0. The molecule has 0 aromatic rings. The van der Waals surface area contributed by atoms with Gasteiger partial charge in [0.05, 0.1) is 38.6 Å². The molecule has 3 heterocycles. The first-order chi connectivity index (χ1) is 34.3. The van der Waals surface area contributed by atoms with Gasteiger partial charge in [-0.3, -0.25) is 4.79 Å². The molecule has 19 nitrogen and oxygen atoms in total. The predicted molar refractivity (Wildman–Crippen MR) is 263 cm³/mol. The molecule has 418 valence electrons. The molecule has 0 saturated carbocycles. The fraction of sp³-hybridized carbons (Fsp3) is 0.942. The summed E-state index contributed by atoms with van der Waals surface area (Å²) in [4.78, 5) is 13.2. The van der Waals surface area contributed by atoms with Crippen molar-refractivity contribution in [3.05, 3.63) is 12.2 Å². The van der Waals surface area contributed by atoms with Gasteiger partial charge in [-0.05, 0) is 38.5 Å². The van der Waals surface area contributed by atoms with Crippen LogP contribution in [0.1, 0.15) is 181 Å². The van der Waals surface area contributed by atoms with Crippen molar-refractivity contribution >= 4 is 5.91 Å². The van der Waals surface area contributed by atoms with Crippen molar-refractivity contribution in [2.24, 2.45) is 0 Å². The molecule has 3 aliphatic heterocycles. The fourth-order valence-corrected chi connectivity index (χ4v) is 9.48. The zero-order valence-corrected chi connectivity index (χ0v) is 43.0. The Balaban J connectivity index is 1.47. The molecule has 0 aliphatic carbocycles. The van der Waals surface area contributed by atoms with E-state index in [1.54, 1.807) is 0 Å². The number of aliphatic hydroxyl groups is 11. The maximum Gasteiger partial charge on any atom is 0.220 e. The van der Waals surface area contributed by atoms with Crippen molar-refractivity contribution in [1.29, 1.82) is 0 Å². The van der Waals surface area contributed by atoms with Crippen LogP contribution >= 0.6 is 0 Å². The van der Waals surface area contributed by atoms with Crippen LogP contribution in [-0.2, 0) is 33.2 Å². The van der Waals surface area contributed by atoms with Gasteiger partial charge in [0, 0.05) is 6.42 Å². The third kappa shape index (κ3) is 22.7. The molecule has 3 aliphatic rings. The molecule has 1 amide bonds. The van der Waals surface area contributed by atoms with Crippen LogP contribution < -0.4 is 5.32 Å². The Bertz CT molecular complexity index is 1360. The minimum absolute atomic E-state index is 0.250. The zero-order valence-electron chi connectivity index (χ0n) is 43.0. The van der Waals surface area contributed by atoms with E-state index in [0.29, 0.717) is 12.8 Å². The van der Waals surface area contributed by atoms with Crippen molar-refractivity contribution in [3.8, 4) is 0 Å². The lowest BCUT2D eigenvalue weighted by Gasteiger charge is -2.48. The summed E-state index contributed by atoms with van der Waals surface area (Å²) in [5, 5.41) is 120. The van der Waals surface area contributed by atoms with Crippen LogP contribution in [0.4, 0.5) is 0 Å². The number of amides is 1. The molecule has 19 heteroatoms. The first-order valence-corrected chi connectivity index (χ1v) is 27.4. The van der Waals surface area contributed by atoms with Crippen LogP contribution in [0, 0.1) is 0 Å². The number of hydrogen-bond donors (Lipinski definition) is 12. The Kier molecular flexibility index (Phi) is 33.5. The summed E-state index contributed by atoms with van der Waals surface area (Å²) in [5.41, 5.74) is 0. The summed E-state index contributed by atoms with van der Waals surface area (Å²) in [7, 11) is 0. The van der Waals surface area contributed by atoms with Crippen LogP contribution in [0.2, 0.25) is 0 Å². The van der Waals surface area contributed by atoms with Crippen molar-refractivity contribution in [3.63, 3.8) is 0 Å². The summed E-state index contributed by atoms with van der Waals surface area (Å²) in [6.07, 6.45) is 6.33. The number of carbonyl (C=O) groups is 1. The highest BCUT2D eigenvalue weighted by molar-refractivity contribution is 5.76. The monoisotopic (exact) mass is 1020 g/mol. The second-order valence-corrected chi connectivity index (χ2v) is 20.0. The van der Waals surface area contributed by atoms with Crippen LogP contribution in [0.15, 0.2) is 12.2 Å². The Morgan fingerprint density at radius 3 is 1.37 bits per heavy atom. The number of unbranched alkanes of at least 4 members (excludes halogenated alkanes) is 21. The average molecular weight is 1020 g/mol. The number of hydrogen-bond acceptors (Lipinski definition) is 18. The van der Waals surface area contributed by atoms with E-state index in [0.717, 1.165) is 64.2 Å². The van der Waals surface area contributed by atoms with Gasteiger partial charge in [-0.25, -0.2) is 0 Å². The molecule has 71 heavy (non-hydrogen) atoms. The van der Waals surface area contributed by atoms with Crippen molar-refractivity contribution in [2.75, 3.05) is 26.4 Å². The average Bonchev–Trinajstić information content (AvgIpc) is 3.36. The first kappa shape index (κ1) is 63.8. The lowest BCUT2D eigenvalue weighted by atomic mass is 9.96. The molecule has 0 aromatic heterocycles. The number of aliphatic hydroxyl groups excluding tert-OH is 11. The topological polar surface area (TPSA) is 307 Å². The SMILES string of the molecule is CCCCCCCC/C=C\CCCCCCCCCCCC(=O)NC(COC1OC(CO)C(OC2OC(CO)C(OC3OC(CO)C(O)C(O)C3O)C(O)C2O)C(O)C1O)C(O)CCCCCCCCC. The van der Waals surface area contributed by atoms with E-state index in [1.807, 2.05) is 0 Å². The van der Waals surface area contributed by atoms with E-state index in [9.17, 15) is 61.0 Å². The maximum atomic E-state index is 13.2. The molecule has 12 N–H and O–H groups in total. The summed E-state index contributed by atoms with van der Waals surface area (Å²) in [6, 6.07) is -0.881. The van der Waals surface area contributed by atoms with E-state index in [2.05, 4.69) is 31.3 Å². The van der Waals surface area contributed by atoms with Crippen LogP contribution in [0.5, 0.6) is 0 Å². The van der Waals surface area contributed by atoms with E-state index in [1.165, 1.54) is 83.5 Å². The van der Waals surface area contributed by atoms with Gasteiger partial charge in [0.15, 0.2) is 18.9 Å². The molecule has 3 rings (SSSR count). The normalized spacial score (nSPS) is 32.3. The summed E-state index contributed by atoms with van der Waals surface area (Å²) >= 11 is 0. The highest BCUT2D eigenvalue weighted by Gasteiger charge is 2.53. The molecule has 0 bridgehead atoms. The Morgan fingerprint density at radius 1 is 0.493 bits per heavy atom. The minimum Gasteiger partial charge on any atom is -0.394 e. The van der Waals surface area contributed by atoms with E-state index in [4.69, 9.17) is 28.4 Å². The number of rotatable bonds is 39. The lowest BCUT2D eigenvalue weighted by molar-refractivity contribution is -0.379. The summed E-state index contributed by atoms with van der Waals surface area (Å²) < 4.78 is 34.1. The Labute approximate surface area is 423 Å². The maximum absolute atomic E-state index is 13.2. The van der Waals surface area contributed by atoms with Crippen molar-refractivity contribution in [1.82, 2.24) is 5.32 Å². The molecule has 0 aromatic carbocycles. The standard InChI is InChI=1S/C52H97NO18/c1-3-5-7-9-11-12-13-14-15-16-17-18-19-20-21-22-24-26-28-30-40(58)53-35(36(57)29-27-25-23-10-8-6-4-2)34-66-50-46(64)43(61)48(38(32-55)68-50)71-52-47(65)44(62)49(39(33-56)69-52)70-51-45(63)42(60)41(59)37(31-54)67-51/h14-15,35-39,41-52,54-57,59-65H,3-13,16-34H2,1-2H3,(H,53,58)/b15-14-. The number of allylic oxidation sites excluding steroid dienone is 2. The fourth-order valence-electron chi connectivity index (χ4n) is 9.48. The molecular weight excluding hydrogens is 927 g/mol. The molecular formula is C52H97NO18. The predicted octanol–water partition coefficient (Wildman–Crippen LogP) is 3.04. The van der Waals surface area contributed by atoms with Gasteiger partial charge >= 0.3 is 0 Å².